The molecule has 0 radical (unpaired) electrons. The Morgan fingerprint density at radius 1 is 0.270 bits per heavy atom. The van der Waals surface area contributed by atoms with Gasteiger partial charge in [0.2, 0.25) is 0 Å². The van der Waals surface area contributed by atoms with Gasteiger partial charge >= 0.3 is 17.9 Å². The SMILES string of the molecule is CCC/C=C\CCCCCCCC(=O)OCC(COC(=O)CCCCCCCCCCCCCCCCCCCCCCCCC/C=C\C/C=C\CCCCCCC)OC(=O)CCCCCCC/C=C\CCCC. The summed E-state index contributed by atoms with van der Waals surface area (Å²) in [5.74, 6) is -0.882. The van der Waals surface area contributed by atoms with Gasteiger partial charge in [-0.3, -0.25) is 14.4 Å². The van der Waals surface area contributed by atoms with Gasteiger partial charge in [0.1, 0.15) is 13.2 Å². The summed E-state index contributed by atoms with van der Waals surface area (Å²) < 4.78 is 16.8. The van der Waals surface area contributed by atoms with Crippen LogP contribution in [-0.2, 0) is 28.6 Å². The molecular weight excluding hydrogens is 913 g/mol. The van der Waals surface area contributed by atoms with E-state index >= 15 is 0 Å². The van der Waals surface area contributed by atoms with Crippen molar-refractivity contribution >= 4 is 17.9 Å². The summed E-state index contributed by atoms with van der Waals surface area (Å²) in [4.78, 5) is 38.0. The fourth-order valence-electron chi connectivity index (χ4n) is 9.58. The van der Waals surface area contributed by atoms with Crippen LogP contribution in [0.25, 0.3) is 0 Å². The second-order valence-electron chi connectivity index (χ2n) is 22.0. The van der Waals surface area contributed by atoms with Crippen LogP contribution in [0, 0.1) is 0 Å². The van der Waals surface area contributed by atoms with Gasteiger partial charge in [-0.1, -0.05) is 288 Å². The van der Waals surface area contributed by atoms with Crippen LogP contribution in [0.4, 0.5) is 0 Å². The van der Waals surface area contributed by atoms with Crippen molar-refractivity contribution in [1.29, 1.82) is 0 Å². The first-order valence-electron chi connectivity index (χ1n) is 32.6. The molecule has 74 heavy (non-hydrogen) atoms. The van der Waals surface area contributed by atoms with Crippen molar-refractivity contribution in [2.24, 2.45) is 0 Å². The van der Waals surface area contributed by atoms with Gasteiger partial charge in [0.25, 0.3) is 0 Å². The normalized spacial score (nSPS) is 12.3. The molecule has 0 aliphatic rings. The molecule has 0 rings (SSSR count). The number of allylic oxidation sites excluding steroid dienone is 8. The Hall–Kier alpha value is -2.63. The number of rotatable bonds is 60. The number of carbonyl (C=O) groups excluding carboxylic acids is 3. The minimum atomic E-state index is -0.776. The minimum Gasteiger partial charge on any atom is -0.462 e. The highest BCUT2D eigenvalue weighted by molar-refractivity contribution is 5.71. The van der Waals surface area contributed by atoms with Gasteiger partial charge in [-0.2, -0.15) is 0 Å². The van der Waals surface area contributed by atoms with Crippen LogP contribution in [0.1, 0.15) is 348 Å². The molecule has 6 nitrogen and oxygen atoms in total. The zero-order valence-electron chi connectivity index (χ0n) is 49.6. The number of hydrogen-bond acceptors (Lipinski definition) is 6. The summed E-state index contributed by atoms with van der Waals surface area (Å²) in [7, 11) is 0. The summed E-state index contributed by atoms with van der Waals surface area (Å²) in [5.41, 5.74) is 0. The van der Waals surface area contributed by atoms with E-state index in [-0.39, 0.29) is 31.1 Å². The third-order valence-corrected chi connectivity index (χ3v) is 14.5. The predicted octanol–water partition coefficient (Wildman–Crippen LogP) is 22.2. The fraction of sp³-hybridized carbons (Fsp3) is 0.838. The molecule has 0 aromatic heterocycles. The average molecular weight is 1040 g/mol. The van der Waals surface area contributed by atoms with E-state index in [0.29, 0.717) is 19.3 Å². The molecule has 0 saturated carbocycles. The lowest BCUT2D eigenvalue weighted by atomic mass is 10.0. The molecule has 0 aliphatic carbocycles. The maximum atomic E-state index is 12.8. The predicted molar refractivity (Wildman–Crippen MR) is 321 cm³/mol. The van der Waals surface area contributed by atoms with Crippen LogP contribution in [-0.4, -0.2) is 37.2 Å². The van der Waals surface area contributed by atoms with Crippen molar-refractivity contribution in [3.05, 3.63) is 48.6 Å². The number of esters is 3. The van der Waals surface area contributed by atoms with Crippen LogP contribution in [0.5, 0.6) is 0 Å². The van der Waals surface area contributed by atoms with Gasteiger partial charge in [-0.15, -0.1) is 0 Å². The molecule has 432 valence electrons. The Morgan fingerprint density at radius 3 is 0.851 bits per heavy atom. The number of ether oxygens (including phenoxy) is 3. The van der Waals surface area contributed by atoms with Crippen molar-refractivity contribution < 1.29 is 28.6 Å². The number of carbonyl (C=O) groups is 3. The average Bonchev–Trinajstić information content (AvgIpc) is 3.40. The second kappa shape index (κ2) is 62.9. The van der Waals surface area contributed by atoms with E-state index < -0.39 is 6.10 Å². The van der Waals surface area contributed by atoms with E-state index in [0.717, 1.165) is 89.9 Å². The highest BCUT2D eigenvalue weighted by Gasteiger charge is 2.19. The quantitative estimate of drug-likeness (QED) is 0.0261. The summed E-state index contributed by atoms with van der Waals surface area (Å²) in [6.45, 7) is 6.55. The van der Waals surface area contributed by atoms with Crippen LogP contribution in [0.3, 0.4) is 0 Å². The van der Waals surface area contributed by atoms with Gasteiger partial charge in [0.05, 0.1) is 0 Å². The van der Waals surface area contributed by atoms with Crippen LogP contribution < -0.4 is 0 Å². The molecular formula is C68H124O6. The summed E-state index contributed by atoms with van der Waals surface area (Å²) in [6.07, 6.45) is 78.8. The maximum Gasteiger partial charge on any atom is 0.306 e. The van der Waals surface area contributed by atoms with E-state index in [1.54, 1.807) is 0 Å². The van der Waals surface area contributed by atoms with E-state index in [1.165, 1.54) is 218 Å². The van der Waals surface area contributed by atoms with Crippen LogP contribution >= 0.6 is 0 Å². The largest absolute Gasteiger partial charge is 0.462 e. The minimum absolute atomic E-state index is 0.0755. The Bertz CT molecular complexity index is 1280. The van der Waals surface area contributed by atoms with Crippen molar-refractivity contribution in [2.75, 3.05) is 13.2 Å². The molecule has 1 unspecified atom stereocenters. The lowest BCUT2D eigenvalue weighted by Gasteiger charge is -2.18. The van der Waals surface area contributed by atoms with Crippen molar-refractivity contribution in [2.45, 2.75) is 354 Å². The third-order valence-electron chi connectivity index (χ3n) is 14.5. The lowest BCUT2D eigenvalue weighted by Crippen LogP contribution is -2.30. The van der Waals surface area contributed by atoms with E-state index in [4.69, 9.17) is 14.2 Å². The van der Waals surface area contributed by atoms with Crippen LogP contribution in [0.15, 0.2) is 48.6 Å². The highest BCUT2D eigenvalue weighted by Crippen LogP contribution is 2.18. The van der Waals surface area contributed by atoms with Gasteiger partial charge in [0.15, 0.2) is 6.10 Å². The molecule has 0 aromatic rings. The molecule has 0 aromatic carbocycles. The second-order valence-corrected chi connectivity index (χ2v) is 22.0. The summed E-state index contributed by atoms with van der Waals surface area (Å²) in [6, 6.07) is 0. The molecule has 0 N–H and O–H groups in total. The monoisotopic (exact) mass is 1040 g/mol. The molecule has 0 amide bonds. The fourth-order valence-corrected chi connectivity index (χ4v) is 9.58. The standard InChI is InChI=1S/C68H124O6/c1-4-7-10-13-16-19-22-23-24-25-26-27-28-29-30-31-32-33-34-35-36-37-38-39-40-41-42-43-44-45-47-49-52-55-58-61-67(70)73-64-65(63-72-66(69)60-57-54-51-48-21-18-15-12-9-6-3)74-68(71)62-59-56-53-50-46-20-17-14-11-8-5-2/h12,14-15,17,22-23,25-26,65H,4-11,13,16,18-21,24,27-64H2,1-3H3/b15-12-,17-14-,23-22-,26-25-. The number of unbranched alkanes of at least 4 members (excludes halogenated alkanes) is 41. The lowest BCUT2D eigenvalue weighted by molar-refractivity contribution is -0.167. The Kier molecular flexibility index (Phi) is 60.7. The molecule has 0 spiro atoms. The van der Waals surface area contributed by atoms with Crippen molar-refractivity contribution in [3.8, 4) is 0 Å². The summed E-state index contributed by atoms with van der Waals surface area (Å²) >= 11 is 0. The van der Waals surface area contributed by atoms with E-state index in [9.17, 15) is 14.4 Å². The van der Waals surface area contributed by atoms with Gasteiger partial charge < -0.3 is 14.2 Å². The van der Waals surface area contributed by atoms with Crippen molar-refractivity contribution in [1.82, 2.24) is 0 Å². The zero-order chi connectivity index (χ0) is 53.6. The van der Waals surface area contributed by atoms with Crippen LogP contribution in [0.2, 0.25) is 0 Å². The smallest absolute Gasteiger partial charge is 0.306 e. The van der Waals surface area contributed by atoms with Gasteiger partial charge in [-0.25, -0.2) is 0 Å². The Labute approximate surface area is 460 Å². The molecule has 0 bridgehead atoms. The Morgan fingerprint density at radius 2 is 0.527 bits per heavy atom. The molecule has 0 heterocycles. The molecule has 6 heteroatoms. The molecule has 1 atom stereocenters. The summed E-state index contributed by atoms with van der Waals surface area (Å²) in [5, 5.41) is 0. The van der Waals surface area contributed by atoms with Crippen molar-refractivity contribution in [3.63, 3.8) is 0 Å². The van der Waals surface area contributed by atoms with E-state index in [1.807, 2.05) is 0 Å². The first-order chi connectivity index (χ1) is 36.5. The maximum absolute atomic E-state index is 12.8. The first kappa shape index (κ1) is 71.4. The Balaban J connectivity index is 3.93. The molecule has 0 fully saturated rings. The first-order valence-corrected chi connectivity index (χ1v) is 32.6. The van der Waals surface area contributed by atoms with Gasteiger partial charge in [0, 0.05) is 19.3 Å². The molecule has 0 saturated heterocycles. The molecule has 0 aliphatic heterocycles. The topological polar surface area (TPSA) is 78.9 Å². The van der Waals surface area contributed by atoms with Gasteiger partial charge in [-0.05, 0) is 89.9 Å². The zero-order valence-corrected chi connectivity index (χ0v) is 49.6. The number of hydrogen-bond donors (Lipinski definition) is 0. The highest BCUT2D eigenvalue weighted by atomic mass is 16.6. The third kappa shape index (κ3) is 60.2. The van der Waals surface area contributed by atoms with E-state index in [2.05, 4.69) is 69.4 Å².